The highest BCUT2D eigenvalue weighted by Crippen LogP contribution is 2.19. The minimum absolute atomic E-state index is 0.00517. The average molecular weight is 643 g/mol. The van der Waals surface area contributed by atoms with Crippen LogP contribution in [0.2, 0.25) is 0 Å². The Hall–Kier alpha value is -4.97. The molecule has 3 aromatic carbocycles. The summed E-state index contributed by atoms with van der Waals surface area (Å²) in [6, 6.07) is 22.9. The van der Waals surface area contributed by atoms with E-state index in [0.717, 1.165) is 40.8 Å². The maximum atomic E-state index is 12.9. The second-order valence-electron chi connectivity index (χ2n) is 11.3. The largest absolute Gasteiger partial charge is 0.480 e. The SMILES string of the molecule is O=C(N[C@@H](CNC(=O)c1ccc(CN(Cc2nc3ccccc3[nH]2)C(=S)NC2CCCCC2)cc1)C(=O)O)OCc1ccccc1. The number of carboxylic acids is 1. The molecule has 240 valence electrons. The first-order valence-corrected chi connectivity index (χ1v) is 15.8. The average Bonchev–Trinajstić information content (AvgIpc) is 3.49. The molecule has 0 spiro atoms. The molecular weight excluding hydrogens is 604 g/mol. The second-order valence-corrected chi connectivity index (χ2v) is 11.7. The summed E-state index contributed by atoms with van der Waals surface area (Å²) in [6.07, 6.45) is 4.93. The van der Waals surface area contributed by atoms with Gasteiger partial charge in [-0.15, -0.1) is 0 Å². The zero-order valence-corrected chi connectivity index (χ0v) is 26.2. The van der Waals surface area contributed by atoms with Crippen LogP contribution < -0.4 is 16.0 Å². The van der Waals surface area contributed by atoms with E-state index in [1.54, 1.807) is 36.4 Å². The number of imidazole rings is 1. The number of aliphatic carboxylic acids is 1. The highest BCUT2D eigenvalue weighted by Gasteiger charge is 2.23. The number of thiocarbonyl (C=S) groups is 1. The molecule has 1 fully saturated rings. The van der Waals surface area contributed by atoms with Gasteiger partial charge in [-0.1, -0.05) is 73.9 Å². The molecule has 5 N–H and O–H groups in total. The van der Waals surface area contributed by atoms with Gasteiger partial charge in [0, 0.05) is 24.7 Å². The Morgan fingerprint density at radius 3 is 2.37 bits per heavy atom. The van der Waals surface area contributed by atoms with Crippen LogP contribution in [0.4, 0.5) is 4.79 Å². The van der Waals surface area contributed by atoms with E-state index in [0.29, 0.717) is 29.8 Å². The van der Waals surface area contributed by atoms with Gasteiger partial charge in [-0.05, 0) is 60.5 Å². The van der Waals surface area contributed by atoms with Crippen LogP contribution >= 0.6 is 12.2 Å². The Labute approximate surface area is 272 Å². The minimum atomic E-state index is -1.36. The van der Waals surface area contributed by atoms with Crippen molar-refractivity contribution in [2.45, 2.75) is 63.9 Å². The molecule has 5 rings (SSSR count). The lowest BCUT2D eigenvalue weighted by molar-refractivity contribution is -0.139. The summed E-state index contributed by atoms with van der Waals surface area (Å²) < 4.78 is 5.11. The van der Waals surface area contributed by atoms with E-state index < -0.39 is 24.0 Å². The number of hydrogen-bond acceptors (Lipinski definition) is 6. The molecule has 1 atom stereocenters. The monoisotopic (exact) mass is 642 g/mol. The fourth-order valence-corrected chi connectivity index (χ4v) is 5.66. The summed E-state index contributed by atoms with van der Waals surface area (Å²) >= 11 is 5.88. The molecule has 1 aliphatic carbocycles. The number of aromatic amines is 1. The summed E-state index contributed by atoms with van der Waals surface area (Å²) in [4.78, 5) is 46.9. The van der Waals surface area contributed by atoms with Crippen molar-refractivity contribution in [2.75, 3.05) is 6.54 Å². The number of alkyl carbamates (subject to hydrolysis) is 1. The van der Waals surface area contributed by atoms with Crippen LogP contribution in [0.25, 0.3) is 11.0 Å². The van der Waals surface area contributed by atoms with Gasteiger partial charge in [0.25, 0.3) is 5.91 Å². The second kappa shape index (κ2) is 15.8. The van der Waals surface area contributed by atoms with E-state index in [1.807, 2.05) is 42.5 Å². The van der Waals surface area contributed by atoms with Gasteiger partial charge in [0.2, 0.25) is 0 Å². The third-order valence-corrected chi connectivity index (χ3v) is 8.23. The van der Waals surface area contributed by atoms with Crippen molar-refractivity contribution in [1.29, 1.82) is 0 Å². The number of hydrogen-bond donors (Lipinski definition) is 5. The van der Waals surface area contributed by atoms with Gasteiger partial charge in [0.05, 0.1) is 17.6 Å². The van der Waals surface area contributed by atoms with Crippen LogP contribution in [0.5, 0.6) is 0 Å². The standard InChI is InChI=1S/C34H38N6O5S/c41-31(35-19-29(32(42)43)39-34(44)45-22-24-9-3-1-4-10-24)25-17-15-23(16-18-25)20-40(33(46)36-26-11-5-2-6-12-26)21-30-37-27-13-7-8-14-28(27)38-30/h1,3-4,7-10,13-18,26,29H,2,5-6,11-12,19-22H2,(H,35,41)(H,36,46)(H,37,38)(H,39,44)(H,42,43)/t29-/m0/s1. The lowest BCUT2D eigenvalue weighted by Gasteiger charge is -2.30. The zero-order valence-electron chi connectivity index (χ0n) is 25.4. The quantitative estimate of drug-likeness (QED) is 0.136. The molecule has 2 amide bonds. The number of carbonyl (C=O) groups excluding carboxylic acids is 2. The summed E-state index contributed by atoms with van der Waals surface area (Å²) in [5.74, 6) is -0.962. The van der Waals surface area contributed by atoms with Crippen LogP contribution in [0.3, 0.4) is 0 Å². The van der Waals surface area contributed by atoms with Crippen LogP contribution in [0.15, 0.2) is 78.9 Å². The number of carboxylic acid groups (broad SMARTS) is 1. The first-order valence-electron chi connectivity index (χ1n) is 15.4. The molecule has 1 aromatic heterocycles. The topological polar surface area (TPSA) is 149 Å². The predicted octanol–water partition coefficient (Wildman–Crippen LogP) is 4.88. The van der Waals surface area contributed by atoms with E-state index in [-0.39, 0.29) is 13.2 Å². The predicted molar refractivity (Wildman–Crippen MR) is 178 cm³/mol. The minimum Gasteiger partial charge on any atom is -0.480 e. The third kappa shape index (κ3) is 9.27. The Morgan fingerprint density at radius 1 is 0.935 bits per heavy atom. The summed E-state index contributed by atoms with van der Waals surface area (Å²) in [7, 11) is 0. The normalized spacial score (nSPS) is 13.8. The van der Waals surface area contributed by atoms with Gasteiger partial charge in [-0.3, -0.25) is 4.79 Å². The zero-order chi connectivity index (χ0) is 32.3. The molecule has 0 unspecified atom stereocenters. The number of ether oxygens (including phenoxy) is 1. The van der Waals surface area contributed by atoms with Crippen molar-refractivity contribution < 1.29 is 24.2 Å². The fraction of sp³-hybridized carbons (Fsp3) is 0.324. The molecule has 0 radical (unpaired) electrons. The number of amides is 2. The highest BCUT2D eigenvalue weighted by atomic mass is 32.1. The van der Waals surface area contributed by atoms with Crippen LogP contribution in [0.1, 0.15) is 59.4 Å². The number of rotatable bonds is 12. The van der Waals surface area contributed by atoms with Gasteiger partial charge >= 0.3 is 12.1 Å². The van der Waals surface area contributed by atoms with E-state index in [9.17, 15) is 19.5 Å². The number of nitrogens with zero attached hydrogens (tertiary/aromatic N) is 2. The Morgan fingerprint density at radius 2 is 1.65 bits per heavy atom. The molecular formula is C34H38N6O5S. The molecule has 11 nitrogen and oxygen atoms in total. The van der Waals surface area contributed by atoms with Crippen molar-refractivity contribution in [3.05, 3.63) is 101 Å². The molecule has 0 saturated heterocycles. The van der Waals surface area contributed by atoms with Crippen molar-refractivity contribution in [2.24, 2.45) is 0 Å². The van der Waals surface area contributed by atoms with Crippen molar-refractivity contribution in [1.82, 2.24) is 30.8 Å². The van der Waals surface area contributed by atoms with Crippen LogP contribution in [-0.2, 0) is 29.2 Å². The van der Waals surface area contributed by atoms with Gasteiger partial charge in [-0.25, -0.2) is 14.6 Å². The summed E-state index contributed by atoms with van der Waals surface area (Å²) in [5, 5.41) is 18.6. The fourth-order valence-electron chi connectivity index (χ4n) is 5.36. The lowest BCUT2D eigenvalue weighted by atomic mass is 9.96. The number of benzene rings is 3. The molecule has 1 aliphatic rings. The Balaban J connectivity index is 1.18. The van der Waals surface area contributed by atoms with Gasteiger partial charge in [0.1, 0.15) is 18.5 Å². The highest BCUT2D eigenvalue weighted by molar-refractivity contribution is 7.80. The summed E-state index contributed by atoms with van der Waals surface area (Å²) in [5.41, 5.74) is 3.91. The first kappa shape index (κ1) is 32.4. The Bertz CT molecular complexity index is 1610. The van der Waals surface area contributed by atoms with Crippen LogP contribution in [-0.4, -0.2) is 61.7 Å². The van der Waals surface area contributed by atoms with E-state index in [4.69, 9.17) is 21.9 Å². The number of para-hydroxylation sites is 2. The van der Waals surface area contributed by atoms with Gasteiger partial charge < -0.3 is 35.7 Å². The van der Waals surface area contributed by atoms with E-state index in [2.05, 4.69) is 25.8 Å². The lowest BCUT2D eigenvalue weighted by Crippen LogP contribution is -2.48. The maximum Gasteiger partial charge on any atom is 0.408 e. The van der Waals surface area contributed by atoms with Gasteiger partial charge in [0.15, 0.2) is 5.11 Å². The van der Waals surface area contributed by atoms with Gasteiger partial charge in [-0.2, -0.15) is 0 Å². The Kier molecular flexibility index (Phi) is 11.2. The van der Waals surface area contributed by atoms with E-state index >= 15 is 0 Å². The number of H-pyrrole nitrogens is 1. The summed E-state index contributed by atoms with van der Waals surface area (Å²) in [6.45, 7) is 0.651. The van der Waals surface area contributed by atoms with Crippen molar-refractivity contribution in [3.63, 3.8) is 0 Å². The number of aromatic nitrogens is 2. The molecule has 1 saturated carbocycles. The number of carbonyl (C=O) groups is 3. The molecule has 0 bridgehead atoms. The molecule has 4 aromatic rings. The van der Waals surface area contributed by atoms with Crippen LogP contribution in [0, 0.1) is 0 Å². The van der Waals surface area contributed by atoms with Crippen molar-refractivity contribution >= 4 is 46.3 Å². The molecule has 0 aliphatic heterocycles. The first-order chi connectivity index (χ1) is 22.3. The smallest absolute Gasteiger partial charge is 0.408 e. The molecule has 1 heterocycles. The van der Waals surface area contributed by atoms with Crippen molar-refractivity contribution in [3.8, 4) is 0 Å². The number of nitrogens with one attached hydrogen (secondary N) is 4. The number of fused-ring (bicyclic) bond motifs is 1. The maximum absolute atomic E-state index is 12.9. The van der Waals surface area contributed by atoms with E-state index in [1.165, 1.54) is 19.3 Å². The third-order valence-electron chi connectivity index (χ3n) is 7.86. The molecule has 46 heavy (non-hydrogen) atoms. The molecule has 12 heteroatoms.